The molecule has 0 atom stereocenters. The molecule has 14 heavy (non-hydrogen) atoms. The lowest BCUT2D eigenvalue weighted by atomic mass is 9.96. The zero-order valence-corrected chi connectivity index (χ0v) is 8.62. The van der Waals surface area contributed by atoms with Gasteiger partial charge >= 0.3 is 0 Å². The van der Waals surface area contributed by atoms with Gasteiger partial charge in [0.15, 0.2) is 0 Å². The number of rotatable bonds is 4. The summed E-state index contributed by atoms with van der Waals surface area (Å²) in [7, 11) is 1.77. The third-order valence-corrected chi connectivity index (χ3v) is 3.08. The van der Waals surface area contributed by atoms with Crippen LogP contribution in [0.15, 0.2) is 24.3 Å². The third kappa shape index (κ3) is 1.68. The fourth-order valence-electron chi connectivity index (χ4n) is 1.94. The van der Waals surface area contributed by atoms with Crippen LogP contribution in [0.1, 0.15) is 24.0 Å². The lowest BCUT2D eigenvalue weighted by Crippen LogP contribution is -2.13. The Hall–Kier alpha value is -0.860. The summed E-state index contributed by atoms with van der Waals surface area (Å²) in [6.07, 6.45) is 2.51. The molecule has 1 fully saturated rings. The van der Waals surface area contributed by atoms with Gasteiger partial charge in [0.2, 0.25) is 0 Å². The Kier molecular flexibility index (Phi) is 2.57. The smallest absolute Gasteiger partial charge is 0.0559 e. The number of hydrogen-bond donors (Lipinski definition) is 1. The van der Waals surface area contributed by atoms with Gasteiger partial charge in [-0.1, -0.05) is 24.3 Å². The van der Waals surface area contributed by atoms with E-state index < -0.39 is 0 Å². The Morgan fingerprint density at radius 1 is 1.29 bits per heavy atom. The second kappa shape index (κ2) is 3.71. The van der Waals surface area contributed by atoms with Gasteiger partial charge in [0, 0.05) is 19.1 Å². The highest BCUT2D eigenvalue weighted by Gasteiger charge is 2.44. The topological polar surface area (TPSA) is 35.2 Å². The van der Waals surface area contributed by atoms with Gasteiger partial charge in [-0.15, -0.1) is 0 Å². The van der Waals surface area contributed by atoms with E-state index in [1.807, 2.05) is 0 Å². The second-order valence-corrected chi connectivity index (χ2v) is 4.11. The highest BCUT2D eigenvalue weighted by molar-refractivity contribution is 5.33. The van der Waals surface area contributed by atoms with Crippen LogP contribution >= 0.6 is 0 Å². The number of benzene rings is 1. The number of hydrogen-bond acceptors (Lipinski definition) is 2. The molecule has 1 aliphatic carbocycles. The molecule has 0 aliphatic heterocycles. The second-order valence-electron chi connectivity index (χ2n) is 4.11. The Labute approximate surface area is 85.1 Å². The molecule has 0 unspecified atom stereocenters. The van der Waals surface area contributed by atoms with Crippen molar-refractivity contribution >= 4 is 0 Å². The van der Waals surface area contributed by atoms with E-state index in [-0.39, 0.29) is 0 Å². The Bertz CT molecular complexity index is 301. The first-order valence-electron chi connectivity index (χ1n) is 5.09. The van der Waals surface area contributed by atoms with Gasteiger partial charge in [0.25, 0.3) is 0 Å². The lowest BCUT2D eigenvalue weighted by Gasteiger charge is -2.14. The molecule has 0 radical (unpaired) electrons. The van der Waals surface area contributed by atoms with Crippen LogP contribution in [0, 0.1) is 0 Å². The van der Waals surface area contributed by atoms with E-state index in [1.165, 1.54) is 24.0 Å². The molecule has 1 aliphatic rings. The molecule has 2 rings (SSSR count). The molecule has 1 aromatic rings. The molecule has 1 saturated carbocycles. The molecule has 2 heteroatoms. The van der Waals surface area contributed by atoms with Crippen molar-refractivity contribution in [2.24, 2.45) is 5.73 Å². The average molecular weight is 191 g/mol. The molecule has 0 amide bonds. The van der Waals surface area contributed by atoms with E-state index in [0.717, 1.165) is 6.61 Å². The fourth-order valence-corrected chi connectivity index (χ4v) is 1.94. The molecule has 0 spiro atoms. The normalized spacial score (nSPS) is 18.1. The summed E-state index contributed by atoms with van der Waals surface area (Å²) < 4.78 is 5.26. The highest BCUT2D eigenvalue weighted by Crippen LogP contribution is 2.48. The van der Waals surface area contributed by atoms with E-state index in [1.54, 1.807) is 7.11 Å². The molecule has 0 saturated heterocycles. The summed E-state index contributed by atoms with van der Waals surface area (Å²) in [6.45, 7) is 1.46. The van der Waals surface area contributed by atoms with Gasteiger partial charge in [-0.25, -0.2) is 0 Å². The van der Waals surface area contributed by atoms with Crippen LogP contribution in [0.5, 0.6) is 0 Å². The van der Waals surface area contributed by atoms with Crippen molar-refractivity contribution < 1.29 is 4.74 Å². The van der Waals surface area contributed by atoms with Gasteiger partial charge in [0.05, 0.1) is 6.61 Å². The summed E-state index contributed by atoms with van der Waals surface area (Å²) in [5.41, 5.74) is 8.48. The summed E-state index contributed by atoms with van der Waals surface area (Å²) in [6, 6.07) is 8.61. The zero-order chi connectivity index (χ0) is 10.0. The SMILES string of the molecule is COCC1(c2ccc(CN)cc2)CC1. The van der Waals surface area contributed by atoms with Gasteiger partial charge in [-0.3, -0.25) is 0 Å². The van der Waals surface area contributed by atoms with Gasteiger partial charge in [0.1, 0.15) is 0 Å². The first-order valence-corrected chi connectivity index (χ1v) is 5.09. The molecule has 1 aromatic carbocycles. The van der Waals surface area contributed by atoms with Crippen LogP contribution in [0.3, 0.4) is 0 Å². The van der Waals surface area contributed by atoms with E-state index in [9.17, 15) is 0 Å². The Balaban J connectivity index is 2.16. The quantitative estimate of drug-likeness (QED) is 0.788. The predicted octanol–water partition coefficient (Wildman–Crippen LogP) is 1.82. The van der Waals surface area contributed by atoms with E-state index in [4.69, 9.17) is 10.5 Å². The van der Waals surface area contributed by atoms with Crippen LogP contribution in [0.25, 0.3) is 0 Å². The molecule has 0 heterocycles. The van der Waals surface area contributed by atoms with Crippen LogP contribution in [0.4, 0.5) is 0 Å². The number of nitrogens with two attached hydrogens (primary N) is 1. The van der Waals surface area contributed by atoms with Crippen molar-refractivity contribution in [1.82, 2.24) is 0 Å². The van der Waals surface area contributed by atoms with Gasteiger partial charge in [-0.2, -0.15) is 0 Å². The Morgan fingerprint density at radius 3 is 2.36 bits per heavy atom. The van der Waals surface area contributed by atoms with Gasteiger partial charge in [-0.05, 0) is 24.0 Å². The summed E-state index contributed by atoms with van der Waals surface area (Å²) >= 11 is 0. The summed E-state index contributed by atoms with van der Waals surface area (Å²) in [4.78, 5) is 0. The van der Waals surface area contributed by atoms with Crippen molar-refractivity contribution in [3.05, 3.63) is 35.4 Å². The van der Waals surface area contributed by atoms with Crippen LogP contribution in [-0.4, -0.2) is 13.7 Å². The molecule has 76 valence electrons. The predicted molar refractivity (Wildman–Crippen MR) is 57.1 cm³/mol. The maximum absolute atomic E-state index is 5.56. The minimum absolute atomic E-state index is 0.321. The number of methoxy groups -OCH3 is 1. The molecule has 2 nitrogen and oxygen atoms in total. The first kappa shape index (κ1) is 9.69. The van der Waals surface area contributed by atoms with Gasteiger partial charge < -0.3 is 10.5 Å². The van der Waals surface area contributed by atoms with E-state index in [2.05, 4.69) is 24.3 Å². The monoisotopic (exact) mass is 191 g/mol. The first-order chi connectivity index (χ1) is 6.80. The number of ether oxygens (including phenoxy) is 1. The highest BCUT2D eigenvalue weighted by atomic mass is 16.5. The van der Waals surface area contributed by atoms with Crippen molar-refractivity contribution in [2.45, 2.75) is 24.8 Å². The van der Waals surface area contributed by atoms with Crippen LogP contribution in [0.2, 0.25) is 0 Å². The average Bonchev–Trinajstić information content (AvgIpc) is 3.00. The van der Waals surface area contributed by atoms with Crippen molar-refractivity contribution in [2.75, 3.05) is 13.7 Å². The molecule has 2 N–H and O–H groups in total. The fraction of sp³-hybridized carbons (Fsp3) is 0.500. The lowest BCUT2D eigenvalue weighted by molar-refractivity contribution is 0.171. The standard InChI is InChI=1S/C12H17NO/c1-14-9-12(6-7-12)11-4-2-10(8-13)3-5-11/h2-5H,6-9,13H2,1H3. The Morgan fingerprint density at radius 2 is 1.93 bits per heavy atom. The minimum atomic E-state index is 0.321. The third-order valence-electron chi connectivity index (χ3n) is 3.08. The minimum Gasteiger partial charge on any atom is -0.384 e. The maximum Gasteiger partial charge on any atom is 0.0559 e. The van der Waals surface area contributed by atoms with Crippen molar-refractivity contribution in [3.8, 4) is 0 Å². The molecular weight excluding hydrogens is 174 g/mol. The zero-order valence-electron chi connectivity index (χ0n) is 8.62. The molecular formula is C12H17NO. The maximum atomic E-state index is 5.56. The van der Waals surface area contributed by atoms with Crippen molar-refractivity contribution in [3.63, 3.8) is 0 Å². The van der Waals surface area contributed by atoms with Crippen molar-refractivity contribution in [1.29, 1.82) is 0 Å². The van der Waals surface area contributed by atoms with Crippen LogP contribution in [-0.2, 0) is 16.7 Å². The largest absolute Gasteiger partial charge is 0.384 e. The van der Waals surface area contributed by atoms with E-state index in [0.29, 0.717) is 12.0 Å². The molecule has 0 bridgehead atoms. The van der Waals surface area contributed by atoms with E-state index >= 15 is 0 Å². The molecule has 0 aromatic heterocycles. The summed E-state index contributed by atoms with van der Waals surface area (Å²) in [5, 5.41) is 0. The summed E-state index contributed by atoms with van der Waals surface area (Å²) in [5.74, 6) is 0. The van der Waals surface area contributed by atoms with Crippen LogP contribution < -0.4 is 5.73 Å².